The fourth-order valence-corrected chi connectivity index (χ4v) is 2.35. The van der Waals surface area contributed by atoms with E-state index >= 15 is 0 Å². The van der Waals surface area contributed by atoms with Crippen LogP contribution >= 0.6 is 0 Å². The molecule has 2 heterocycles. The molecule has 1 aliphatic heterocycles. The van der Waals surface area contributed by atoms with Crippen LogP contribution in [0.3, 0.4) is 0 Å². The van der Waals surface area contributed by atoms with Crippen LogP contribution in [-0.2, 0) is 0 Å². The number of hydrogen-bond acceptors (Lipinski definition) is 5. The minimum absolute atomic E-state index is 0.255. The van der Waals surface area contributed by atoms with Crippen LogP contribution in [0.4, 0.5) is 0 Å². The second kappa shape index (κ2) is 7.01. The van der Waals surface area contributed by atoms with Crippen molar-refractivity contribution in [2.24, 2.45) is 10.2 Å². The van der Waals surface area contributed by atoms with Crippen LogP contribution < -0.4 is 5.32 Å². The average Bonchev–Trinajstić information content (AvgIpc) is 3.41. The van der Waals surface area contributed by atoms with Gasteiger partial charge in [0.25, 0.3) is 5.91 Å². The van der Waals surface area contributed by atoms with Gasteiger partial charge in [0.15, 0.2) is 11.4 Å². The minimum Gasteiger partial charge on any atom is -0.350 e. The molecule has 120 valence electrons. The SMILES string of the molecule is C#CCCC1(CCNC(=O)c2ccc(-c3ccccc3)nn2)N=N1. The van der Waals surface area contributed by atoms with E-state index in [9.17, 15) is 4.79 Å². The Balaban J connectivity index is 1.52. The molecule has 0 unspecified atom stereocenters. The van der Waals surface area contributed by atoms with Crippen LogP contribution in [-0.4, -0.2) is 28.3 Å². The number of nitrogens with one attached hydrogen (secondary N) is 1. The third-order valence-electron chi connectivity index (χ3n) is 3.83. The molecule has 3 rings (SSSR count). The van der Waals surface area contributed by atoms with Crippen molar-refractivity contribution < 1.29 is 4.79 Å². The van der Waals surface area contributed by atoms with E-state index in [2.05, 4.69) is 31.7 Å². The Hall–Kier alpha value is -3.07. The van der Waals surface area contributed by atoms with E-state index in [1.54, 1.807) is 12.1 Å². The van der Waals surface area contributed by atoms with Gasteiger partial charge < -0.3 is 5.32 Å². The van der Waals surface area contributed by atoms with Gasteiger partial charge in [-0.05, 0) is 12.1 Å². The number of rotatable bonds is 7. The van der Waals surface area contributed by atoms with Gasteiger partial charge in [-0.3, -0.25) is 4.79 Å². The molecular weight excluding hydrogens is 302 g/mol. The number of terminal acetylenes is 1. The van der Waals surface area contributed by atoms with Crippen molar-refractivity contribution in [2.75, 3.05) is 6.54 Å². The van der Waals surface area contributed by atoms with E-state index in [0.29, 0.717) is 19.4 Å². The highest BCUT2D eigenvalue weighted by atomic mass is 16.1. The first-order valence-electron chi connectivity index (χ1n) is 7.77. The number of amides is 1. The second-order valence-electron chi connectivity index (χ2n) is 5.56. The molecule has 0 bridgehead atoms. The number of nitrogens with zero attached hydrogens (tertiary/aromatic N) is 4. The Morgan fingerprint density at radius 1 is 1.08 bits per heavy atom. The molecule has 24 heavy (non-hydrogen) atoms. The summed E-state index contributed by atoms with van der Waals surface area (Å²) in [5, 5.41) is 19.0. The molecule has 6 heteroatoms. The molecule has 0 aliphatic carbocycles. The Morgan fingerprint density at radius 3 is 2.50 bits per heavy atom. The number of hydrogen-bond donors (Lipinski definition) is 1. The highest BCUT2D eigenvalue weighted by Crippen LogP contribution is 2.36. The van der Waals surface area contributed by atoms with Crippen molar-refractivity contribution in [1.29, 1.82) is 0 Å². The topological polar surface area (TPSA) is 79.6 Å². The molecule has 1 N–H and O–H groups in total. The number of carbonyl (C=O) groups is 1. The predicted molar refractivity (Wildman–Crippen MR) is 90.1 cm³/mol. The van der Waals surface area contributed by atoms with Crippen molar-refractivity contribution in [3.63, 3.8) is 0 Å². The van der Waals surface area contributed by atoms with Crippen molar-refractivity contribution in [3.05, 3.63) is 48.2 Å². The molecule has 1 aliphatic rings. The molecule has 0 radical (unpaired) electrons. The number of benzene rings is 1. The molecule has 1 amide bonds. The van der Waals surface area contributed by atoms with Crippen molar-refractivity contribution in [2.45, 2.75) is 24.9 Å². The van der Waals surface area contributed by atoms with Crippen LogP contribution in [0, 0.1) is 12.3 Å². The maximum atomic E-state index is 12.1. The van der Waals surface area contributed by atoms with E-state index in [4.69, 9.17) is 6.42 Å². The number of aromatic nitrogens is 2. The van der Waals surface area contributed by atoms with Crippen molar-refractivity contribution >= 4 is 5.91 Å². The first kappa shape index (κ1) is 15.8. The predicted octanol–water partition coefficient (Wildman–Crippen LogP) is 2.84. The summed E-state index contributed by atoms with van der Waals surface area (Å²) in [4.78, 5) is 12.1. The molecule has 1 aromatic heterocycles. The fourth-order valence-electron chi connectivity index (χ4n) is 2.35. The van der Waals surface area contributed by atoms with Crippen LogP contribution in [0.25, 0.3) is 11.3 Å². The van der Waals surface area contributed by atoms with Gasteiger partial charge >= 0.3 is 0 Å². The van der Waals surface area contributed by atoms with E-state index in [1.165, 1.54) is 0 Å². The summed E-state index contributed by atoms with van der Waals surface area (Å²) in [6, 6.07) is 13.2. The lowest BCUT2D eigenvalue weighted by Crippen LogP contribution is -2.29. The maximum absolute atomic E-state index is 12.1. The van der Waals surface area contributed by atoms with Crippen molar-refractivity contribution in [1.82, 2.24) is 15.5 Å². The molecule has 0 saturated heterocycles. The maximum Gasteiger partial charge on any atom is 0.271 e. The summed E-state index contributed by atoms with van der Waals surface area (Å²) in [6.45, 7) is 0.471. The highest BCUT2D eigenvalue weighted by molar-refractivity contribution is 5.92. The summed E-state index contributed by atoms with van der Waals surface area (Å²) < 4.78 is 0. The van der Waals surface area contributed by atoms with E-state index < -0.39 is 0 Å². The standard InChI is InChI=1S/C18H17N5O/c1-2-3-11-18(22-23-18)12-13-19-17(24)16-10-9-15(20-21-16)14-7-5-4-6-8-14/h1,4-10H,3,11-13H2,(H,19,24). The summed E-state index contributed by atoms with van der Waals surface area (Å²) in [6.07, 6.45) is 7.26. The lowest BCUT2D eigenvalue weighted by Gasteiger charge is -2.09. The zero-order chi connectivity index (χ0) is 16.8. The molecule has 2 aromatic rings. The molecule has 0 atom stereocenters. The second-order valence-corrected chi connectivity index (χ2v) is 5.56. The van der Waals surface area contributed by atoms with E-state index in [1.807, 2.05) is 30.3 Å². The Bertz CT molecular complexity index is 771. The summed E-state index contributed by atoms with van der Waals surface area (Å²) >= 11 is 0. The Morgan fingerprint density at radius 2 is 1.88 bits per heavy atom. The normalized spacial score (nSPS) is 14.0. The van der Waals surface area contributed by atoms with Crippen LogP contribution in [0.15, 0.2) is 52.7 Å². The lowest BCUT2D eigenvalue weighted by molar-refractivity contribution is 0.0946. The zero-order valence-electron chi connectivity index (χ0n) is 13.1. The summed E-state index contributed by atoms with van der Waals surface area (Å²) in [5.41, 5.74) is 1.60. The monoisotopic (exact) mass is 319 g/mol. The first-order chi connectivity index (χ1) is 11.7. The third-order valence-corrected chi connectivity index (χ3v) is 3.83. The van der Waals surface area contributed by atoms with Gasteiger partial charge in [-0.1, -0.05) is 30.3 Å². The fraction of sp³-hybridized carbons (Fsp3) is 0.278. The van der Waals surface area contributed by atoms with Gasteiger partial charge in [-0.25, -0.2) is 0 Å². The molecule has 6 nitrogen and oxygen atoms in total. The van der Waals surface area contributed by atoms with Gasteiger partial charge in [0.05, 0.1) is 5.69 Å². The van der Waals surface area contributed by atoms with E-state index in [-0.39, 0.29) is 17.3 Å². The molecular formula is C18H17N5O. The van der Waals surface area contributed by atoms with Gasteiger partial charge in [-0.2, -0.15) is 10.2 Å². The largest absolute Gasteiger partial charge is 0.350 e. The number of carbonyl (C=O) groups excluding carboxylic acids is 1. The smallest absolute Gasteiger partial charge is 0.271 e. The molecule has 1 aromatic carbocycles. The first-order valence-corrected chi connectivity index (χ1v) is 7.77. The third kappa shape index (κ3) is 3.82. The van der Waals surface area contributed by atoms with Gasteiger partial charge in [0.2, 0.25) is 0 Å². The summed E-state index contributed by atoms with van der Waals surface area (Å²) in [7, 11) is 0. The van der Waals surface area contributed by atoms with Crippen LogP contribution in [0.2, 0.25) is 0 Å². The Kier molecular flexibility index (Phi) is 4.62. The van der Waals surface area contributed by atoms with E-state index in [0.717, 1.165) is 17.7 Å². The lowest BCUT2D eigenvalue weighted by atomic mass is 10.0. The van der Waals surface area contributed by atoms with Gasteiger partial charge in [0, 0.05) is 31.4 Å². The van der Waals surface area contributed by atoms with Crippen LogP contribution in [0.5, 0.6) is 0 Å². The van der Waals surface area contributed by atoms with Gasteiger partial charge in [-0.15, -0.1) is 22.5 Å². The Labute approximate surface area is 140 Å². The minimum atomic E-state index is -0.386. The van der Waals surface area contributed by atoms with Crippen molar-refractivity contribution in [3.8, 4) is 23.6 Å². The highest BCUT2D eigenvalue weighted by Gasteiger charge is 2.38. The molecule has 0 spiro atoms. The molecule has 0 fully saturated rings. The van der Waals surface area contributed by atoms with Crippen LogP contribution in [0.1, 0.15) is 29.8 Å². The average molecular weight is 319 g/mol. The summed E-state index contributed by atoms with van der Waals surface area (Å²) in [5.74, 6) is 2.33. The zero-order valence-corrected chi connectivity index (χ0v) is 13.1. The van der Waals surface area contributed by atoms with Gasteiger partial charge in [0.1, 0.15) is 0 Å². The quantitative estimate of drug-likeness (QED) is 0.797. The molecule has 0 saturated carbocycles.